The second-order valence-corrected chi connectivity index (χ2v) is 6.65. The van der Waals surface area contributed by atoms with E-state index in [9.17, 15) is 4.79 Å². The van der Waals surface area contributed by atoms with Gasteiger partial charge in [-0.05, 0) is 44.0 Å². The summed E-state index contributed by atoms with van der Waals surface area (Å²) in [7, 11) is 2.06. The van der Waals surface area contributed by atoms with Crippen molar-refractivity contribution in [2.24, 2.45) is 0 Å². The number of nitrogens with zero attached hydrogens (tertiary/aromatic N) is 3. The van der Waals surface area contributed by atoms with Crippen molar-refractivity contribution in [2.75, 3.05) is 20.1 Å². The molecule has 114 valence electrons. The summed E-state index contributed by atoms with van der Waals surface area (Å²) >= 11 is 0. The number of hydrogen-bond acceptors (Lipinski definition) is 3. The van der Waals surface area contributed by atoms with Crippen LogP contribution in [0.15, 0.2) is 12.1 Å². The average molecular weight is 287 g/mol. The summed E-state index contributed by atoms with van der Waals surface area (Å²) in [4.78, 5) is 21.6. The Hall–Kier alpha value is -1.42. The number of pyridine rings is 1. The molecule has 0 bridgehead atoms. The summed E-state index contributed by atoms with van der Waals surface area (Å²) in [5.74, 6) is 0.760. The molecule has 1 aromatic rings. The number of carbonyl (C=O) groups excluding carboxylic acids is 1. The standard InChI is InChI=1S/C17H25N3O/c1-12(2)14-7-6-13-11-20(10-8-15(13)18-14)17(21)16-5-4-9-19(16)3/h6-7,12,16H,4-5,8-11H2,1-3H3/t16-/m0/s1. The molecule has 0 saturated carbocycles. The number of carbonyl (C=O) groups is 1. The van der Waals surface area contributed by atoms with Crippen molar-refractivity contribution in [3.05, 3.63) is 29.1 Å². The Labute approximate surface area is 127 Å². The van der Waals surface area contributed by atoms with Crippen LogP contribution in [0.4, 0.5) is 0 Å². The molecule has 1 fully saturated rings. The normalized spacial score (nSPS) is 22.7. The monoisotopic (exact) mass is 287 g/mol. The van der Waals surface area contributed by atoms with E-state index in [1.807, 2.05) is 4.90 Å². The van der Waals surface area contributed by atoms with Gasteiger partial charge in [-0.3, -0.25) is 14.7 Å². The van der Waals surface area contributed by atoms with E-state index in [2.05, 4.69) is 37.9 Å². The van der Waals surface area contributed by atoms with Gasteiger partial charge in [0.25, 0.3) is 0 Å². The van der Waals surface area contributed by atoms with Crippen LogP contribution in [0.1, 0.15) is 49.6 Å². The van der Waals surface area contributed by atoms with E-state index in [0.717, 1.165) is 44.6 Å². The Morgan fingerprint density at radius 2 is 2.14 bits per heavy atom. The molecule has 1 amide bonds. The second-order valence-electron chi connectivity index (χ2n) is 6.65. The molecule has 21 heavy (non-hydrogen) atoms. The zero-order valence-electron chi connectivity index (χ0n) is 13.3. The van der Waals surface area contributed by atoms with Crippen molar-refractivity contribution in [3.8, 4) is 0 Å². The van der Waals surface area contributed by atoms with Crippen LogP contribution in [-0.4, -0.2) is 46.9 Å². The Morgan fingerprint density at radius 1 is 1.33 bits per heavy atom. The first-order chi connectivity index (χ1) is 10.1. The zero-order chi connectivity index (χ0) is 15.0. The lowest BCUT2D eigenvalue weighted by atomic mass is 10.0. The Balaban J connectivity index is 1.74. The number of rotatable bonds is 2. The van der Waals surface area contributed by atoms with E-state index in [-0.39, 0.29) is 6.04 Å². The first-order valence-corrected chi connectivity index (χ1v) is 8.04. The molecule has 2 aliphatic rings. The molecular formula is C17H25N3O. The predicted molar refractivity (Wildman–Crippen MR) is 83.1 cm³/mol. The minimum Gasteiger partial charge on any atom is -0.337 e. The van der Waals surface area contributed by atoms with Gasteiger partial charge in [0, 0.05) is 30.9 Å². The van der Waals surface area contributed by atoms with Crippen LogP contribution in [0, 0.1) is 0 Å². The van der Waals surface area contributed by atoms with E-state index >= 15 is 0 Å². The van der Waals surface area contributed by atoms with Crippen molar-refractivity contribution < 1.29 is 4.79 Å². The Bertz CT molecular complexity index is 541. The third-order valence-corrected chi connectivity index (χ3v) is 4.78. The van der Waals surface area contributed by atoms with E-state index in [4.69, 9.17) is 4.98 Å². The molecule has 2 aliphatic heterocycles. The molecule has 3 rings (SSSR count). The van der Waals surface area contributed by atoms with E-state index < -0.39 is 0 Å². The number of hydrogen-bond donors (Lipinski definition) is 0. The molecule has 0 aromatic carbocycles. The van der Waals surface area contributed by atoms with Crippen LogP contribution in [0.5, 0.6) is 0 Å². The molecule has 3 heterocycles. The molecule has 1 atom stereocenters. The van der Waals surface area contributed by atoms with Crippen LogP contribution in [-0.2, 0) is 17.8 Å². The highest BCUT2D eigenvalue weighted by molar-refractivity contribution is 5.82. The highest BCUT2D eigenvalue weighted by Gasteiger charge is 2.32. The first-order valence-electron chi connectivity index (χ1n) is 8.04. The molecule has 0 N–H and O–H groups in total. The molecule has 1 aromatic heterocycles. The Morgan fingerprint density at radius 3 is 2.81 bits per heavy atom. The molecule has 0 aliphatic carbocycles. The highest BCUT2D eigenvalue weighted by atomic mass is 16.2. The van der Waals surface area contributed by atoms with Gasteiger partial charge in [0.2, 0.25) is 5.91 Å². The van der Waals surface area contributed by atoms with Gasteiger partial charge in [-0.2, -0.15) is 0 Å². The summed E-state index contributed by atoms with van der Waals surface area (Å²) in [5.41, 5.74) is 3.56. The van der Waals surface area contributed by atoms with Gasteiger partial charge in [-0.15, -0.1) is 0 Å². The van der Waals surface area contributed by atoms with Crippen molar-refractivity contribution in [2.45, 2.75) is 51.6 Å². The van der Waals surface area contributed by atoms with Crippen LogP contribution in [0.3, 0.4) is 0 Å². The number of aromatic nitrogens is 1. The SMILES string of the molecule is CC(C)c1ccc2c(n1)CCN(C(=O)[C@@H]1CCCN1C)C2. The van der Waals surface area contributed by atoms with Crippen molar-refractivity contribution in [1.29, 1.82) is 0 Å². The molecule has 0 spiro atoms. The maximum Gasteiger partial charge on any atom is 0.240 e. The van der Waals surface area contributed by atoms with Gasteiger partial charge in [0.05, 0.1) is 6.04 Å². The minimum atomic E-state index is 0.0921. The fraction of sp³-hybridized carbons (Fsp3) is 0.647. The van der Waals surface area contributed by atoms with Crippen molar-refractivity contribution in [3.63, 3.8) is 0 Å². The first kappa shape index (κ1) is 14.5. The fourth-order valence-electron chi connectivity index (χ4n) is 3.38. The zero-order valence-corrected chi connectivity index (χ0v) is 13.3. The maximum atomic E-state index is 12.7. The largest absolute Gasteiger partial charge is 0.337 e. The topological polar surface area (TPSA) is 36.4 Å². The molecular weight excluding hydrogens is 262 g/mol. The van der Waals surface area contributed by atoms with Crippen LogP contribution < -0.4 is 0 Å². The second kappa shape index (κ2) is 5.76. The lowest BCUT2D eigenvalue weighted by Gasteiger charge is -2.32. The van der Waals surface area contributed by atoms with Gasteiger partial charge in [0.15, 0.2) is 0 Å². The summed E-state index contributed by atoms with van der Waals surface area (Å²) in [6.07, 6.45) is 3.03. The van der Waals surface area contributed by atoms with E-state index in [0.29, 0.717) is 11.8 Å². The Kier molecular flexibility index (Phi) is 3.98. The number of likely N-dealkylation sites (N-methyl/N-ethyl adjacent to an activating group) is 1. The van der Waals surface area contributed by atoms with Gasteiger partial charge in [-0.1, -0.05) is 19.9 Å². The third kappa shape index (κ3) is 2.82. The van der Waals surface area contributed by atoms with Gasteiger partial charge >= 0.3 is 0 Å². The fourth-order valence-corrected chi connectivity index (χ4v) is 3.38. The highest BCUT2D eigenvalue weighted by Crippen LogP contribution is 2.24. The average Bonchev–Trinajstić information content (AvgIpc) is 2.91. The summed E-state index contributed by atoms with van der Waals surface area (Å²) in [6.45, 7) is 6.92. The lowest BCUT2D eigenvalue weighted by Crippen LogP contribution is -2.46. The molecule has 0 unspecified atom stereocenters. The number of fused-ring (bicyclic) bond motifs is 1. The van der Waals surface area contributed by atoms with Crippen molar-refractivity contribution in [1.82, 2.24) is 14.8 Å². The minimum absolute atomic E-state index is 0.0921. The third-order valence-electron chi connectivity index (χ3n) is 4.78. The lowest BCUT2D eigenvalue weighted by molar-refractivity contribution is -0.136. The smallest absolute Gasteiger partial charge is 0.240 e. The molecule has 0 radical (unpaired) electrons. The van der Waals surface area contributed by atoms with Gasteiger partial charge in [-0.25, -0.2) is 0 Å². The maximum absolute atomic E-state index is 12.7. The quantitative estimate of drug-likeness (QED) is 0.836. The molecule has 1 saturated heterocycles. The number of amides is 1. The van der Waals surface area contributed by atoms with Gasteiger partial charge in [0.1, 0.15) is 0 Å². The van der Waals surface area contributed by atoms with E-state index in [1.165, 1.54) is 11.3 Å². The van der Waals surface area contributed by atoms with Crippen LogP contribution in [0.2, 0.25) is 0 Å². The number of likely N-dealkylation sites (tertiary alicyclic amines) is 1. The van der Waals surface area contributed by atoms with Crippen molar-refractivity contribution >= 4 is 5.91 Å². The van der Waals surface area contributed by atoms with E-state index in [1.54, 1.807) is 0 Å². The van der Waals surface area contributed by atoms with Crippen LogP contribution in [0.25, 0.3) is 0 Å². The summed E-state index contributed by atoms with van der Waals surface area (Å²) in [6, 6.07) is 4.36. The summed E-state index contributed by atoms with van der Waals surface area (Å²) < 4.78 is 0. The summed E-state index contributed by atoms with van der Waals surface area (Å²) in [5, 5.41) is 0. The predicted octanol–water partition coefficient (Wildman–Crippen LogP) is 2.18. The van der Waals surface area contributed by atoms with Crippen LogP contribution >= 0.6 is 0 Å². The molecule has 4 heteroatoms. The van der Waals surface area contributed by atoms with Gasteiger partial charge < -0.3 is 4.90 Å². The molecule has 4 nitrogen and oxygen atoms in total.